The molecule has 0 bridgehead atoms. The van der Waals surface area contributed by atoms with Crippen molar-refractivity contribution < 1.29 is 0 Å². The van der Waals surface area contributed by atoms with Crippen molar-refractivity contribution >= 4 is 107 Å². The quantitative estimate of drug-likeness (QED) is 0.171. The van der Waals surface area contributed by atoms with Crippen molar-refractivity contribution in [2.24, 2.45) is 0 Å². The Kier molecular flexibility index (Phi) is 6.44. The first-order valence-corrected chi connectivity index (χ1v) is 20.1. The molecule has 7 aromatic carbocycles. The van der Waals surface area contributed by atoms with Gasteiger partial charge in [0.2, 0.25) is 0 Å². The summed E-state index contributed by atoms with van der Waals surface area (Å²) in [5.74, 6) is 0. The van der Waals surface area contributed by atoms with Crippen LogP contribution in [0.4, 0.5) is 0 Å². The minimum Gasteiger partial charge on any atom is -0.143 e. The van der Waals surface area contributed by atoms with E-state index < -0.39 is 0 Å². The Bertz CT molecular complexity index is 2850. The van der Waals surface area contributed by atoms with Gasteiger partial charge in [-0.15, -0.1) is 45.3 Å². The molecule has 0 unspecified atom stereocenters. The fourth-order valence-electron chi connectivity index (χ4n) is 7.39. The van der Waals surface area contributed by atoms with E-state index in [2.05, 4.69) is 156 Å². The molecule has 0 aliphatic heterocycles. The zero-order valence-electron chi connectivity index (χ0n) is 26.6. The number of benzene rings is 7. The highest BCUT2D eigenvalue weighted by Crippen LogP contribution is 2.43. The van der Waals surface area contributed by atoms with Crippen molar-refractivity contribution in [1.29, 1.82) is 0 Å². The predicted octanol–water partition coefficient (Wildman–Crippen LogP) is 15.5. The van der Waals surface area contributed by atoms with E-state index in [4.69, 9.17) is 0 Å². The van der Waals surface area contributed by atoms with Gasteiger partial charge in [-0.2, -0.15) is 0 Å². The monoisotopic (exact) mass is 706 g/mol. The molecule has 0 nitrogen and oxygen atoms in total. The first kappa shape index (κ1) is 28.7. The van der Waals surface area contributed by atoms with Crippen molar-refractivity contribution in [1.82, 2.24) is 0 Å². The molecular weight excluding hydrogens is 681 g/mol. The maximum absolute atomic E-state index is 2.38. The van der Waals surface area contributed by atoms with Gasteiger partial charge in [0, 0.05) is 50.5 Å². The molecule has 11 aromatic rings. The Hall–Kier alpha value is -5.10. The number of thiophene rings is 4. The molecule has 0 aliphatic rings. The molecular formula is C46H26S4. The summed E-state index contributed by atoms with van der Waals surface area (Å²) in [4.78, 5) is 2.63. The summed E-state index contributed by atoms with van der Waals surface area (Å²) in [5, 5.41) is 15.0. The van der Waals surface area contributed by atoms with Crippen LogP contribution in [0.25, 0.3) is 105 Å². The van der Waals surface area contributed by atoms with Crippen molar-refractivity contribution in [3.63, 3.8) is 0 Å². The lowest BCUT2D eigenvalue weighted by atomic mass is 9.99. The molecule has 4 aromatic heterocycles. The third kappa shape index (κ3) is 4.68. The van der Waals surface area contributed by atoms with Crippen LogP contribution in [0.15, 0.2) is 156 Å². The van der Waals surface area contributed by atoms with E-state index >= 15 is 0 Å². The summed E-state index contributed by atoms with van der Waals surface area (Å²) in [6.45, 7) is 0. The van der Waals surface area contributed by atoms with Gasteiger partial charge in [-0.3, -0.25) is 0 Å². The highest BCUT2D eigenvalue weighted by atomic mass is 32.1. The van der Waals surface area contributed by atoms with Gasteiger partial charge in [-0.1, -0.05) is 84.9 Å². The Morgan fingerprint density at radius 2 is 0.700 bits per heavy atom. The largest absolute Gasteiger partial charge is 0.143 e. The number of hydrogen-bond acceptors (Lipinski definition) is 4. The smallest absolute Gasteiger partial charge is 0.0356 e. The van der Waals surface area contributed by atoms with Crippen LogP contribution >= 0.6 is 45.3 Å². The van der Waals surface area contributed by atoms with E-state index in [1.165, 1.54) is 105 Å². The van der Waals surface area contributed by atoms with Gasteiger partial charge in [0.1, 0.15) is 0 Å². The normalized spacial score (nSPS) is 12.0. The molecule has 50 heavy (non-hydrogen) atoms. The minimum atomic E-state index is 1.28. The Balaban J connectivity index is 0.896. The average molecular weight is 707 g/mol. The zero-order valence-corrected chi connectivity index (χ0v) is 29.9. The minimum absolute atomic E-state index is 1.28. The molecule has 0 N–H and O–H groups in total. The molecule has 0 aliphatic carbocycles. The topological polar surface area (TPSA) is 0 Å². The molecule has 0 fully saturated rings. The van der Waals surface area contributed by atoms with Gasteiger partial charge in [-0.05, 0) is 126 Å². The number of fused-ring (bicyclic) bond motifs is 6. The maximum Gasteiger partial charge on any atom is 0.0356 e. The summed E-state index contributed by atoms with van der Waals surface area (Å²) >= 11 is 7.42. The molecule has 0 radical (unpaired) electrons. The van der Waals surface area contributed by atoms with E-state index in [0.717, 1.165) is 0 Å². The van der Waals surface area contributed by atoms with E-state index in [0.29, 0.717) is 0 Å². The number of rotatable bonds is 4. The number of hydrogen-bond donors (Lipinski definition) is 0. The third-order valence-electron chi connectivity index (χ3n) is 9.99. The molecule has 4 heteroatoms. The van der Waals surface area contributed by atoms with Crippen molar-refractivity contribution in [2.45, 2.75) is 0 Å². The Labute approximate surface area is 304 Å². The third-order valence-corrected chi connectivity index (χ3v) is 14.2. The van der Waals surface area contributed by atoms with Gasteiger partial charge in [0.05, 0.1) is 0 Å². The van der Waals surface area contributed by atoms with Crippen LogP contribution in [-0.2, 0) is 0 Å². The molecule has 234 valence electrons. The van der Waals surface area contributed by atoms with Crippen LogP contribution in [0.3, 0.4) is 0 Å². The fourth-order valence-corrected chi connectivity index (χ4v) is 11.5. The predicted molar refractivity (Wildman–Crippen MR) is 225 cm³/mol. The van der Waals surface area contributed by atoms with Crippen LogP contribution in [0, 0.1) is 0 Å². The zero-order chi connectivity index (χ0) is 32.8. The lowest BCUT2D eigenvalue weighted by Gasteiger charge is -2.06. The first-order valence-electron chi connectivity index (χ1n) is 16.7. The van der Waals surface area contributed by atoms with Gasteiger partial charge < -0.3 is 0 Å². The second kappa shape index (κ2) is 11.2. The summed E-state index contributed by atoms with van der Waals surface area (Å²) < 4.78 is 5.35. The summed E-state index contributed by atoms with van der Waals surface area (Å²) in [5.41, 5.74) is 7.77. The average Bonchev–Trinajstić information content (AvgIpc) is 3.97. The van der Waals surface area contributed by atoms with E-state index in [9.17, 15) is 0 Å². The summed E-state index contributed by atoms with van der Waals surface area (Å²) in [6.07, 6.45) is 0. The van der Waals surface area contributed by atoms with Crippen LogP contribution in [0.5, 0.6) is 0 Å². The van der Waals surface area contributed by atoms with Crippen molar-refractivity contribution in [3.8, 4) is 43.1 Å². The fraction of sp³-hybridized carbons (Fsp3) is 0. The molecule has 11 rings (SSSR count). The molecule has 0 saturated heterocycles. The van der Waals surface area contributed by atoms with Crippen LogP contribution < -0.4 is 0 Å². The second-order valence-electron chi connectivity index (χ2n) is 13.0. The SMILES string of the molecule is c1ccc2c(-c3ccc4cc(-c5cc6cc7sc(-c8ccc9cc(-c%10csc%11ccccc%10%11)ccc9c8)cc7cc6s5)ccc4c3)csc2c1. The first-order chi connectivity index (χ1) is 24.7. The highest BCUT2D eigenvalue weighted by Gasteiger charge is 2.13. The highest BCUT2D eigenvalue weighted by molar-refractivity contribution is 7.24. The lowest BCUT2D eigenvalue weighted by Crippen LogP contribution is -1.79. The van der Waals surface area contributed by atoms with Crippen LogP contribution in [0.1, 0.15) is 0 Å². The molecule has 0 amide bonds. The van der Waals surface area contributed by atoms with E-state index in [-0.39, 0.29) is 0 Å². The molecule has 0 atom stereocenters. The van der Waals surface area contributed by atoms with Gasteiger partial charge in [-0.25, -0.2) is 0 Å². The van der Waals surface area contributed by atoms with E-state index in [1.54, 1.807) is 0 Å². The van der Waals surface area contributed by atoms with Crippen LogP contribution in [0.2, 0.25) is 0 Å². The lowest BCUT2D eigenvalue weighted by molar-refractivity contribution is 1.72. The van der Waals surface area contributed by atoms with Crippen molar-refractivity contribution in [2.75, 3.05) is 0 Å². The van der Waals surface area contributed by atoms with Crippen molar-refractivity contribution in [3.05, 3.63) is 156 Å². The Morgan fingerprint density at radius 3 is 1.16 bits per heavy atom. The molecule has 0 saturated carbocycles. The summed E-state index contributed by atoms with van der Waals surface area (Å²) in [6, 6.07) is 54.5. The van der Waals surface area contributed by atoms with Gasteiger partial charge in [0.25, 0.3) is 0 Å². The Morgan fingerprint density at radius 1 is 0.300 bits per heavy atom. The van der Waals surface area contributed by atoms with E-state index in [1.807, 2.05) is 45.3 Å². The second-order valence-corrected chi connectivity index (χ2v) is 17.0. The van der Waals surface area contributed by atoms with Crippen LogP contribution in [-0.4, -0.2) is 0 Å². The van der Waals surface area contributed by atoms with Gasteiger partial charge >= 0.3 is 0 Å². The standard InChI is InChI=1S/C46H26S4/c1-3-7-41-37(5-1)39(25-47-41)31-13-9-29-19-33(15-11-27(29)17-31)43-21-35-23-46-36(24-45(35)49-43)22-44(50-46)34-16-12-28-18-32(14-10-30(28)20-34)40-26-48-42-8-4-2-6-38(40)42/h1-26H. The maximum atomic E-state index is 2.38. The molecule has 4 heterocycles. The molecule has 0 spiro atoms. The van der Waals surface area contributed by atoms with Gasteiger partial charge in [0.15, 0.2) is 0 Å². The summed E-state index contributed by atoms with van der Waals surface area (Å²) in [7, 11) is 0.